The van der Waals surface area contributed by atoms with Crippen LogP contribution in [0.25, 0.3) is 0 Å². The van der Waals surface area contributed by atoms with Crippen LogP contribution in [0.5, 0.6) is 5.75 Å². The van der Waals surface area contributed by atoms with Gasteiger partial charge in [0.25, 0.3) is 5.69 Å². The Morgan fingerprint density at radius 3 is 2.67 bits per heavy atom. The van der Waals surface area contributed by atoms with Gasteiger partial charge in [0.15, 0.2) is 5.75 Å². The maximum atomic E-state index is 12.3. The number of nitrogens with zero attached hydrogens (tertiary/aromatic N) is 2. The molecule has 0 aliphatic heterocycles. The summed E-state index contributed by atoms with van der Waals surface area (Å²) in [5.74, 6) is -1.88. The van der Waals surface area contributed by atoms with Crippen LogP contribution < -0.4 is 0 Å². The summed E-state index contributed by atoms with van der Waals surface area (Å²) in [5.41, 5.74) is -1.17. The molecule has 1 aromatic rings. The van der Waals surface area contributed by atoms with Crippen molar-refractivity contribution in [3.63, 3.8) is 0 Å². The number of nitro groups is 1. The van der Waals surface area contributed by atoms with Crippen LogP contribution in [-0.2, 0) is 5.88 Å². The standard InChI is InChI=1S/C7H5ClF2N2O3/c8-2-3-1-4(12(14)15)11-5(6(3)13)7(9)10/h1,7,13H,2H2. The molecule has 1 rings (SSSR count). The molecule has 1 heterocycles. The van der Waals surface area contributed by atoms with Gasteiger partial charge >= 0.3 is 12.2 Å². The van der Waals surface area contributed by atoms with Crippen LogP contribution in [0.3, 0.4) is 0 Å². The summed E-state index contributed by atoms with van der Waals surface area (Å²) >= 11 is 5.33. The summed E-state index contributed by atoms with van der Waals surface area (Å²) in [6.45, 7) is 0. The average molecular weight is 239 g/mol. The fourth-order valence-electron chi connectivity index (χ4n) is 0.945. The zero-order chi connectivity index (χ0) is 11.6. The van der Waals surface area contributed by atoms with E-state index >= 15 is 0 Å². The molecule has 0 amide bonds. The number of halogens is 3. The van der Waals surface area contributed by atoms with Crippen LogP contribution >= 0.6 is 11.6 Å². The molecular weight excluding hydrogens is 234 g/mol. The Balaban J connectivity index is 3.38. The van der Waals surface area contributed by atoms with E-state index < -0.39 is 28.6 Å². The van der Waals surface area contributed by atoms with Crippen molar-refractivity contribution in [2.45, 2.75) is 12.3 Å². The number of aromatic hydroxyl groups is 1. The molecule has 8 heteroatoms. The third-order valence-electron chi connectivity index (χ3n) is 1.62. The van der Waals surface area contributed by atoms with Crippen LogP contribution in [0, 0.1) is 10.1 Å². The van der Waals surface area contributed by atoms with E-state index in [2.05, 4.69) is 4.98 Å². The maximum absolute atomic E-state index is 12.3. The molecule has 0 aliphatic carbocycles. The van der Waals surface area contributed by atoms with Gasteiger partial charge in [-0.05, 0) is 9.91 Å². The van der Waals surface area contributed by atoms with E-state index in [1.165, 1.54) is 0 Å². The lowest BCUT2D eigenvalue weighted by Crippen LogP contribution is -2.00. The Kier molecular flexibility index (Phi) is 3.35. The number of rotatable bonds is 3. The average Bonchev–Trinajstić information content (AvgIpc) is 2.17. The molecule has 0 spiro atoms. The Hall–Kier alpha value is -1.50. The predicted molar refractivity (Wildman–Crippen MR) is 47.1 cm³/mol. The van der Waals surface area contributed by atoms with Gasteiger partial charge in [-0.2, -0.15) is 0 Å². The molecule has 0 unspecified atom stereocenters. The summed E-state index contributed by atoms with van der Waals surface area (Å²) in [6, 6.07) is 0.855. The van der Waals surface area contributed by atoms with Crippen molar-refractivity contribution in [1.29, 1.82) is 0 Å². The molecule has 82 valence electrons. The maximum Gasteiger partial charge on any atom is 0.364 e. The summed E-state index contributed by atoms with van der Waals surface area (Å²) < 4.78 is 24.6. The topological polar surface area (TPSA) is 76.3 Å². The molecular formula is C7H5ClF2N2O3. The summed E-state index contributed by atoms with van der Waals surface area (Å²) in [4.78, 5) is 12.4. The Bertz CT molecular complexity index is 400. The highest BCUT2D eigenvalue weighted by molar-refractivity contribution is 6.17. The largest absolute Gasteiger partial charge is 0.504 e. The Morgan fingerprint density at radius 1 is 1.67 bits per heavy atom. The zero-order valence-corrected chi connectivity index (χ0v) is 7.91. The van der Waals surface area contributed by atoms with Crippen LogP contribution in [0.1, 0.15) is 17.7 Å². The molecule has 5 nitrogen and oxygen atoms in total. The van der Waals surface area contributed by atoms with E-state index in [1.54, 1.807) is 0 Å². The second kappa shape index (κ2) is 4.35. The number of alkyl halides is 3. The van der Waals surface area contributed by atoms with Gasteiger partial charge in [-0.3, -0.25) is 0 Å². The highest BCUT2D eigenvalue weighted by Crippen LogP contribution is 2.32. The lowest BCUT2D eigenvalue weighted by Gasteiger charge is -2.03. The molecule has 0 saturated heterocycles. The number of pyridine rings is 1. The molecule has 0 aromatic carbocycles. The van der Waals surface area contributed by atoms with Gasteiger partial charge in [-0.1, -0.05) is 0 Å². The molecule has 0 bridgehead atoms. The minimum Gasteiger partial charge on any atom is -0.504 e. The van der Waals surface area contributed by atoms with Crippen LogP contribution in [0.15, 0.2) is 6.07 Å². The first kappa shape index (κ1) is 11.6. The predicted octanol–water partition coefficient (Wildman–Crippen LogP) is 2.37. The Morgan fingerprint density at radius 2 is 2.27 bits per heavy atom. The monoisotopic (exact) mass is 238 g/mol. The fourth-order valence-corrected chi connectivity index (χ4v) is 1.15. The van der Waals surface area contributed by atoms with E-state index in [0.717, 1.165) is 6.07 Å². The number of hydrogen-bond acceptors (Lipinski definition) is 4. The van der Waals surface area contributed by atoms with E-state index in [0.29, 0.717) is 0 Å². The Labute approximate surface area is 87.5 Å². The van der Waals surface area contributed by atoms with E-state index in [-0.39, 0.29) is 11.4 Å². The second-order valence-electron chi connectivity index (χ2n) is 2.56. The van der Waals surface area contributed by atoms with E-state index in [4.69, 9.17) is 11.6 Å². The molecule has 15 heavy (non-hydrogen) atoms. The molecule has 0 saturated carbocycles. The van der Waals surface area contributed by atoms with E-state index in [9.17, 15) is 24.0 Å². The van der Waals surface area contributed by atoms with Crippen LogP contribution in [-0.4, -0.2) is 15.0 Å². The van der Waals surface area contributed by atoms with Gasteiger partial charge < -0.3 is 15.2 Å². The molecule has 1 aromatic heterocycles. The lowest BCUT2D eigenvalue weighted by molar-refractivity contribution is -0.389. The van der Waals surface area contributed by atoms with Crippen LogP contribution in [0.2, 0.25) is 0 Å². The minimum absolute atomic E-state index is 0.145. The fraction of sp³-hybridized carbons (Fsp3) is 0.286. The smallest absolute Gasteiger partial charge is 0.364 e. The van der Waals surface area contributed by atoms with Crippen LogP contribution in [0.4, 0.5) is 14.6 Å². The first-order valence-electron chi connectivity index (χ1n) is 3.68. The lowest BCUT2D eigenvalue weighted by atomic mass is 10.2. The van der Waals surface area contributed by atoms with Crippen molar-refractivity contribution in [3.05, 3.63) is 27.4 Å². The molecule has 1 N–H and O–H groups in total. The third kappa shape index (κ3) is 2.30. The van der Waals surface area contributed by atoms with Crippen molar-refractivity contribution >= 4 is 17.4 Å². The summed E-state index contributed by atoms with van der Waals surface area (Å²) in [6.07, 6.45) is -3.09. The normalized spacial score (nSPS) is 10.7. The molecule has 0 atom stereocenters. The van der Waals surface area contributed by atoms with E-state index in [1.807, 2.05) is 0 Å². The van der Waals surface area contributed by atoms with Crippen molar-refractivity contribution in [2.75, 3.05) is 0 Å². The number of hydrogen-bond donors (Lipinski definition) is 1. The summed E-state index contributed by atoms with van der Waals surface area (Å²) in [5, 5.41) is 19.5. The van der Waals surface area contributed by atoms with Crippen molar-refractivity contribution in [1.82, 2.24) is 4.98 Å². The second-order valence-corrected chi connectivity index (χ2v) is 2.83. The summed E-state index contributed by atoms with van der Waals surface area (Å²) in [7, 11) is 0. The third-order valence-corrected chi connectivity index (χ3v) is 1.91. The minimum atomic E-state index is -3.09. The van der Waals surface area contributed by atoms with Gasteiger partial charge in [0.2, 0.25) is 0 Å². The molecule has 0 radical (unpaired) electrons. The van der Waals surface area contributed by atoms with Crippen molar-refractivity contribution in [2.24, 2.45) is 0 Å². The van der Waals surface area contributed by atoms with Crippen molar-refractivity contribution < 1.29 is 18.8 Å². The van der Waals surface area contributed by atoms with Gasteiger partial charge in [0.05, 0.1) is 5.88 Å². The van der Waals surface area contributed by atoms with Gasteiger partial charge in [-0.25, -0.2) is 8.78 Å². The van der Waals surface area contributed by atoms with Gasteiger partial charge in [0.1, 0.15) is 0 Å². The van der Waals surface area contributed by atoms with Gasteiger partial charge in [0, 0.05) is 11.6 Å². The van der Waals surface area contributed by atoms with Gasteiger partial charge in [-0.15, -0.1) is 11.6 Å². The zero-order valence-electron chi connectivity index (χ0n) is 7.15. The quantitative estimate of drug-likeness (QED) is 0.498. The highest BCUT2D eigenvalue weighted by Gasteiger charge is 2.26. The highest BCUT2D eigenvalue weighted by atomic mass is 35.5. The van der Waals surface area contributed by atoms with Crippen molar-refractivity contribution in [3.8, 4) is 5.75 Å². The molecule has 0 aliphatic rings. The first-order valence-corrected chi connectivity index (χ1v) is 4.22. The molecule has 0 fully saturated rings. The number of aromatic nitrogens is 1. The SMILES string of the molecule is O=[N+]([O-])c1cc(CCl)c(O)c(C(F)F)n1. The first-order chi connectivity index (χ1) is 6.97.